The Hall–Kier alpha value is -0.840. The van der Waals surface area contributed by atoms with Gasteiger partial charge in [-0.2, -0.15) is 0 Å². The van der Waals surface area contributed by atoms with Crippen molar-refractivity contribution in [2.45, 2.75) is 45.3 Å². The zero-order valence-corrected chi connectivity index (χ0v) is 13.7. The molecule has 0 amide bonds. The van der Waals surface area contributed by atoms with Crippen LogP contribution in [0.2, 0.25) is 5.02 Å². The minimum absolute atomic E-state index is 0.439. The summed E-state index contributed by atoms with van der Waals surface area (Å²) < 4.78 is 0. The van der Waals surface area contributed by atoms with E-state index in [4.69, 9.17) is 16.6 Å². The number of hydrogen-bond donors (Lipinski definition) is 1. The summed E-state index contributed by atoms with van der Waals surface area (Å²) in [5.41, 5.74) is 0.951. The minimum atomic E-state index is 0.439. The molecule has 21 heavy (non-hydrogen) atoms. The first kappa shape index (κ1) is 15.1. The number of nitrogens with one attached hydrogen (secondary N) is 1. The summed E-state index contributed by atoms with van der Waals surface area (Å²) in [6.07, 6.45) is 2.79. The lowest BCUT2D eigenvalue weighted by atomic mass is 10.2. The number of piperazine rings is 1. The van der Waals surface area contributed by atoms with E-state index >= 15 is 0 Å². The molecule has 3 rings (SSSR count). The van der Waals surface area contributed by atoms with Gasteiger partial charge < -0.3 is 10.2 Å². The average Bonchev–Trinajstić information content (AvgIpc) is 3.31. The Labute approximate surface area is 132 Å². The molecule has 2 heterocycles. The Bertz CT molecular complexity index is 479. The third-order valence-corrected chi connectivity index (χ3v) is 4.63. The highest BCUT2D eigenvalue weighted by atomic mass is 35.5. The van der Waals surface area contributed by atoms with Crippen LogP contribution < -0.4 is 10.2 Å². The van der Waals surface area contributed by atoms with Gasteiger partial charge in [-0.25, -0.2) is 4.98 Å². The van der Waals surface area contributed by atoms with Crippen LogP contribution >= 0.6 is 11.6 Å². The zero-order valence-electron chi connectivity index (χ0n) is 13.0. The Kier molecular flexibility index (Phi) is 4.67. The number of anilines is 1. The molecule has 0 atom stereocenters. The van der Waals surface area contributed by atoms with Crippen LogP contribution in [0.4, 0.5) is 5.82 Å². The Balaban J connectivity index is 1.63. The molecule has 1 aromatic heterocycles. The fourth-order valence-electron chi connectivity index (χ4n) is 2.83. The molecule has 116 valence electrons. The highest BCUT2D eigenvalue weighted by Gasteiger charge is 2.31. The monoisotopic (exact) mass is 308 g/mol. The molecule has 1 aliphatic heterocycles. The third kappa shape index (κ3) is 3.87. The van der Waals surface area contributed by atoms with E-state index in [9.17, 15) is 0 Å². The molecule has 0 aromatic carbocycles. The van der Waals surface area contributed by atoms with E-state index in [1.54, 1.807) is 0 Å². The van der Waals surface area contributed by atoms with Gasteiger partial charge in [0.25, 0.3) is 0 Å². The summed E-state index contributed by atoms with van der Waals surface area (Å²) in [6.45, 7) is 9.46. The van der Waals surface area contributed by atoms with Gasteiger partial charge in [-0.05, 0) is 25.0 Å². The molecule has 1 saturated heterocycles. The summed E-state index contributed by atoms with van der Waals surface area (Å²) in [6, 6.07) is 5.34. The van der Waals surface area contributed by atoms with Crippen molar-refractivity contribution in [3.05, 3.63) is 22.8 Å². The van der Waals surface area contributed by atoms with Crippen molar-refractivity contribution in [2.24, 2.45) is 0 Å². The molecular formula is C16H25ClN4. The highest BCUT2D eigenvalue weighted by Crippen LogP contribution is 2.28. The molecule has 1 aliphatic carbocycles. The molecule has 1 N–H and O–H groups in total. The van der Waals surface area contributed by atoms with Crippen LogP contribution in [0.15, 0.2) is 12.1 Å². The van der Waals surface area contributed by atoms with Crippen molar-refractivity contribution in [1.82, 2.24) is 15.2 Å². The smallest absolute Gasteiger partial charge is 0.129 e. The Morgan fingerprint density at radius 3 is 2.57 bits per heavy atom. The summed E-state index contributed by atoms with van der Waals surface area (Å²) in [5.74, 6) is 1.07. The Morgan fingerprint density at radius 2 is 1.95 bits per heavy atom. The van der Waals surface area contributed by atoms with Crippen molar-refractivity contribution in [3.8, 4) is 0 Å². The van der Waals surface area contributed by atoms with E-state index in [2.05, 4.69) is 29.0 Å². The van der Waals surface area contributed by atoms with Crippen LogP contribution in [0.1, 0.15) is 32.4 Å². The molecule has 0 radical (unpaired) electrons. The largest absolute Gasteiger partial charge is 0.354 e. The maximum atomic E-state index is 6.26. The van der Waals surface area contributed by atoms with Crippen LogP contribution in [-0.4, -0.2) is 48.1 Å². The molecule has 0 spiro atoms. The second-order valence-corrected chi connectivity index (χ2v) is 6.79. The van der Waals surface area contributed by atoms with Gasteiger partial charge in [0.15, 0.2) is 0 Å². The standard InChI is InChI=1S/C16H25ClN4/c1-12(2)18-11-15-14(17)5-6-16(19-15)21-9-7-20(8-10-21)13-3-4-13/h5-6,12-13,18H,3-4,7-11H2,1-2H3. The van der Waals surface area contributed by atoms with Crippen LogP contribution in [0.5, 0.6) is 0 Å². The van der Waals surface area contributed by atoms with E-state index in [-0.39, 0.29) is 0 Å². The van der Waals surface area contributed by atoms with E-state index in [0.717, 1.165) is 55.3 Å². The predicted octanol–water partition coefficient (Wildman–Crippen LogP) is 2.52. The van der Waals surface area contributed by atoms with E-state index < -0.39 is 0 Å². The third-order valence-electron chi connectivity index (χ3n) is 4.28. The number of pyridine rings is 1. The summed E-state index contributed by atoms with van der Waals surface area (Å²) in [5, 5.41) is 4.14. The first-order valence-electron chi connectivity index (χ1n) is 8.01. The maximum absolute atomic E-state index is 6.26. The number of aromatic nitrogens is 1. The van der Waals surface area contributed by atoms with Crippen LogP contribution in [0, 0.1) is 0 Å². The topological polar surface area (TPSA) is 31.4 Å². The quantitative estimate of drug-likeness (QED) is 0.906. The van der Waals surface area contributed by atoms with Gasteiger partial charge in [0.05, 0.1) is 10.7 Å². The van der Waals surface area contributed by atoms with Gasteiger partial charge in [0.1, 0.15) is 5.82 Å². The lowest BCUT2D eigenvalue weighted by Gasteiger charge is -2.35. The average molecular weight is 309 g/mol. The molecule has 5 heteroatoms. The lowest BCUT2D eigenvalue weighted by molar-refractivity contribution is 0.247. The number of halogens is 1. The van der Waals surface area contributed by atoms with Gasteiger partial charge >= 0.3 is 0 Å². The number of rotatable bonds is 5. The van der Waals surface area contributed by atoms with Gasteiger partial charge in [-0.1, -0.05) is 25.4 Å². The second kappa shape index (κ2) is 6.51. The molecular weight excluding hydrogens is 284 g/mol. The zero-order chi connectivity index (χ0) is 14.8. The van der Waals surface area contributed by atoms with Crippen molar-refractivity contribution in [3.63, 3.8) is 0 Å². The fraction of sp³-hybridized carbons (Fsp3) is 0.688. The molecule has 0 unspecified atom stereocenters. The fourth-order valence-corrected chi connectivity index (χ4v) is 3.00. The van der Waals surface area contributed by atoms with Gasteiger partial charge in [-0.3, -0.25) is 4.90 Å². The predicted molar refractivity (Wildman–Crippen MR) is 88.0 cm³/mol. The normalized spacial score (nSPS) is 20.3. The highest BCUT2D eigenvalue weighted by molar-refractivity contribution is 6.31. The van der Waals surface area contributed by atoms with Crippen LogP contribution in [-0.2, 0) is 6.54 Å². The lowest BCUT2D eigenvalue weighted by Crippen LogP contribution is -2.47. The van der Waals surface area contributed by atoms with Crippen molar-refractivity contribution < 1.29 is 0 Å². The maximum Gasteiger partial charge on any atom is 0.129 e. The Morgan fingerprint density at radius 1 is 1.24 bits per heavy atom. The molecule has 2 aliphatic rings. The number of nitrogens with zero attached hydrogens (tertiary/aromatic N) is 3. The van der Waals surface area contributed by atoms with E-state index in [1.165, 1.54) is 12.8 Å². The van der Waals surface area contributed by atoms with Crippen molar-refractivity contribution in [2.75, 3.05) is 31.1 Å². The van der Waals surface area contributed by atoms with E-state index in [1.807, 2.05) is 12.1 Å². The SMILES string of the molecule is CC(C)NCc1nc(N2CCN(C3CC3)CC2)ccc1Cl. The minimum Gasteiger partial charge on any atom is -0.354 e. The molecule has 2 fully saturated rings. The van der Waals surface area contributed by atoms with Gasteiger partial charge in [-0.15, -0.1) is 0 Å². The second-order valence-electron chi connectivity index (χ2n) is 6.39. The van der Waals surface area contributed by atoms with Gasteiger partial charge in [0, 0.05) is 44.8 Å². The molecule has 4 nitrogen and oxygen atoms in total. The van der Waals surface area contributed by atoms with E-state index in [0.29, 0.717) is 6.04 Å². The summed E-state index contributed by atoms with van der Waals surface area (Å²) in [7, 11) is 0. The summed E-state index contributed by atoms with van der Waals surface area (Å²) >= 11 is 6.26. The molecule has 0 bridgehead atoms. The van der Waals surface area contributed by atoms with Crippen LogP contribution in [0.3, 0.4) is 0 Å². The van der Waals surface area contributed by atoms with Crippen molar-refractivity contribution >= 4 is 17.4 Å². The van der Waals surface area contributed by atoms with Crippen LogP contribution in [0.25, 0.3) is 0 Å². The van der Waals surface area contributed by atoms with Crippen molar-refractivity contribution in [1.29, 1.82) is 0 Å². The number of hydrogen-bond acceptors (Lipinski definition) is 4. The molecule has 1 aromatic rings. The van der Waals surface area contributed by atoms with Gasteiger partial charge in [0.2, 0.25) is 0 Å². The molecule has 1 saturated carbocycles. The summed E-state index contributed by atoms with van der Waals surface area (Å²) in [4.78, 5) is 9.77. The first-order valence-corrected chi connectivity index (χ1v) is 8.39. The first-order chi connectivity index (χ1) is 10.1.